The second-order valence-corrected chi connectivity index (χ2v) is 7.34. The number of thiophene rings is 1. The first-order chi connectivity index (χ1) is 12.6. The van der Waals surface area contributed by atoms with E-state index >= 15 is 0 Å². The van der Waals surface area contributed by atoms with Gasteiger partial charge in [0.1, 0.15) is 10.6 Å². The zero-order valence-electron chi connectivity index (χ0n) is 14.9. The first-order valence-corrected chi connectivity index (χ1v) is 9.43. The molecule has 0 aromatic carbocycles. The van der Waals surface area contributed by atoms with Crippen LogP contribution in [-0.4, -0.2) is 47.0 Å². The molecule has 1 aliphatic rings. The van der Waals surface area contributed by atoms with E-state index in [2.05, 4.69) is 20.3 Å². The van der Waals surface area contributed by atoms with Gasteiger partial charge in [0.2, 0.25) is 0 Å². The molecule has 3 aromatic heterocycles. The molecule has 0 unspecified atom stereocenters. The highest BCUT2D eigenvalue weighted by atomic mass is 32.1. The Hall–Kier alpha value is -2.45. The van der Waals surface area contributed by atoms with Gasteiger partial charge in [-0.1, -0.05) is 6.07 Å². The number of rotatable bonds is 4. The molecule has 0 saturated carbocycles. The van der Waals surface area contributed by atoms with Crippen LogP contribution in [0.5, 0.6) is 0 Å². The van der Waals surface area contributed by atoms with E-state index in [-0.39, 0.29) is 5.91 Å². The van der Waals surface area contributed by atoms with Gasteiger partial charge in [-0.2, -0.15) is 5.10 Å². The Bertz CT molecular complexity index is 908. The van der Waals surface area contributed by atoms with E-state index in [1.165, 1.54) is 11.3 Å². The smallest absolute Gasteiger partial charge is 0.261 e. The number of hydrogen-bond acceptors (Lipinski definition) is 6. The Kier molecular flexibility index (Phi) is 4.60. The molecule has 1 aliphatic heterocycles. The van der Waals surface area contributed by atoms with E-state index in [9.17, 15) is 4.79 Å². The van der Waals surface area contributed by atoms with Gasteiger partial charge in [-0.25, -0.2) is 4.98 Å². The van der Waals surface area contributed by atoms with Gasteiger partial charge in [-0.3, -0.25) is 9.48 Å². The number of amides is 1. The predicted molar refractivity (Wildman–Crippen MR) is 102 cm³/mol. The fourth-order valence-electron chi connectivity index (χ4n) is 3.21. The van der Waals surface area contributed by atoms with E-state index in [1.807, 2.05) is 36.9 Å². The number of ether oxygens (including phenoxy) is 1. The molecule has 0 radical (unpaired) electrons. The van der Waals surface area contributed by atoms with Crippen LogP contribution < -0.4 is 10.2 Å². The van der Waals surface area contributed by atoms with Gasteiger partial charge in [-0.05, 0) is 19.1 Å². The highest BCUT2D eigenvalue weighted by Gasteiger charge is 2.18. The van der Waals surface area contributed by atoms with E-state index < -0.39 is 0 Å². The summed E-state index contributed by atoms with van der Waals surface area (Å²) < 4.78 is 7.24. The quantitative estimate of drug-likeness (QED) is 0.760. The Morgan fingerprint density at radius 1 is 1.38 bits per heavy atom. The number of pyridine rings is 1. The van der Waals surface area contributed by atoms with E-state index in [0.717, 1.165) is 40.4 Å². The summed E-state index contributed by atoms with van der Waals surface area (Å²) in [5.41, 5.74) is 1.96. The second kappa shape index (κ2) is 7.05. The minimum absolute atomic E-state index is 0.0672. The molecule has 3 aromatic rings. The van der Waals surface area contributed by atoms with Crippen molar-refractivity contribution in [2.75, 3.05) is 31.2 Å². The highest BCUT2D eigenvalue weighted by Crippen LogP contribution is 2.27. The maximum atomic E-state index is 12.6. The molecule has 1 saturated heterocycles. The van der Waals surface area contributed by atoms with Crippen LogP contribution in [0.3, 0.4) is 0 Å². The predicted octanol–water partition coefficient (Wildman–Crippen LogP) is 2.10. The van der Waals surface area contributed by atoms with Crippen molar-refractivity contribution in [3.8, 4) is 0 Å². The first-order valence-electron chi connectivity index (χ1n) is 8.61. The molecule has 1 fully saturated rings. The van der Waals surface area contributed by atoms with Crippen molar-refractivity contribution < 1.29 is 9.53 Å². The Morgan fingerprint density at radius 2 is 2.19 bits per heavy atom. The first kappa shape index (κ1) is 17.0. The van der Waals surface area contributed by atoms with Gasteiger partial charge in [0.25, 0.3) is 5.91 Å². The molecule has 4 rings (SSSR count). The third kappa shape index (κ3) is 3.17. The standard InChI is InChI=1S/C18H21N5O2S/c1-12-14-10-15(26-18(14)22(2)21-12)17(24)20-11-13-4-3-5-19-16(13)23-6-8-25-9-7-23/h3-5,10H,6-9,11H2,1-2H3,(H,20,24). The fourth-order valence-corrected chi connectivity index (χ4v) is 4.25. The number of carbonyl (C=O) groups is 1. The van der Waals surface area contributed by atoms with Gasteiger partial charge >= 0.3 is 0 Å². The lowest BCUT2D eigenvalue weighted by molar-refractivity contribution is 0.0954. The number of aryl methyl sites for hydroxylation is 2. The minimum atomic E-state index is -0.0672. The van der Waals surface area contributed by atoms with Crippen molar-refractivity contribution in [2.45, 2.75) is 13.5 Å². The fraction of sp³-hybridized carbons (Fsp3) is 0.389. The average molecular weight is 371 g/mol. The number of hydrogen-bond donors (Lipinski definition) is 1. The van der Waals surface area contributed by atoms with E-state index in [1.54, 1.807) is 6.20 Å². The summed E-state index contributed by atoms with van der Waals surface area (Å²) in [5, 5.41) is 8.45. The third-order valence-corrected chi connectivity index (χ3v) is 5.74. The lowest BCUT2D eigenvalue weighted by Gasteiger charge is -2.29. The Morgan fingerprint density at radius 3 is 2.96 bits per heavy atom. The molecule has 7 nitrogen and oxygen atoms in total. The maximum Gasteiger partial charge on any atom is 0.261 e. The van der Waals surface area contributed by atoms with Gasteiger partial charge < -0.3 is 15.0 Å². The van der Waals surface area contributed by atoms with Crippen molar-refractivity contribution in [1.82, 2.24) is 20.1 Å². The molecule has 0 atom stereocenters. The number of carbonyl (C=O) groups excluding carboxylic acids is 1. The summed E-state index contributed by atoms with van der Waals surface area (Å²) in [5.74, 6) is 0.856. The van der Waals surface area contributed by atoms with Crippen LogP contribution in [0, 0.1) is 6.92 Å². The largest absolute Gasteiger partial charge is 0.378 e. The number of morpholine rings is 1. The zero-order valence-corrected chi connectivity index (χ0v) is 15.7. The van der Waals surface area contributed by atoms with Crippen molar-refractivity contribution in [1.29, 1.82) is 0 Å². The molecule has 136 valence electrons. The van der Waals surface area contributed by atoms with Crippen LogP contribution in [0.15, 0.2) is 24.4 Å². The van der Waals surface area contributed by atoms with Gasteiger partial charge in [0, 0.05) is 43.8 Å². The molecule has 1 N–H and O–H groups in total. The van der Waals surface area contributed by atoms with Crippen LogP contribution in [-0.2, 0) is 18.3 Å². The molecule has 0 aliphatic carbocycles. The van der Waals surface area contributed by atoms with Gasteiger partial charge in [0.15, 0.2) is 0 Å². The molecular weight excluding hydrogens is 350 g/mol. The van der Waals surface area contributed by atoms with Gasteiger partial charge in [-0.15, -0.1) is 11.3 Å². The Labute approximate surface area is 155 Å². The number of nitrogens with one attached hydrogen (secondary N) is 1. The molecule has 0 bridgehead atoms. The number of nitrogens with zero attached hydrogens (tertiary/aromatic N) is 4. The van der Waals surface area contributed by atoms with Crippen molar-refractivity contribution in [2.24, 2.45) is 7.05 Å². The minimum Gasteiger partial charge on any atom is -0.378 e. The summed E-state index contributed by atoms with van der Waals surface area (Å²) in [6.45, 7) is 5.46. The Balaban J connectivity index is 1.49. The van der Waals surface area contributed by atoms with Crippen molar-refractivity contribution in [3.05, 3.63) is 40.5 Å². The van der Waals surface area contributed by atoms with Crippen LogP contribution in [0.2, 0.25) is 0 Å². The van der Waals surface area contributed by atoms with Crippen molar-refractivity contribution in [3.63, 3.8) is 0 Å². The molecule has 1 amide bonds. The molecule has 0 spiro atoms. The van der Waals surface area contributed by atoms with Crippen LogP contribution in [0.25, 0.3) is 10.2 Å². The molecule has 8 heteroatoms. The lowest BCUT2D eigenvalue weighted by atomic mass is 10.2. The number of aromatic nitrogens is 3. The topological polar surface area (TPSA) is 72.3 Å². The number of fused-ring (bicyclic) bond motifs is 1. The molecule has 4 heterocycles. The maximum absolute atomic E-state index is 12.6. The summed E-state index contributed by atoms with van der Waals surface area (Å²) in [6, 6.07) is 5.83. The average Bonchev–Trinajstić information content (AvgIpc) is 3.22. The summed E-state index contributed by atoms with van der Waals surface area (Å²) >= 11 is 1.47. The molecular formula is C18H21N5O2S. The summed E-state index contributed by atoms with van der Waals surface area (Å²) in [7, 11) is 1.90. The lowest BCUT2D eigenvalue weighted by Crippen LogP contribution is -2.37. The highest BCUT2D eigenvalue weighted by molar-refractivity contribution is 7.20. The monoisotopic (exact) mass is 371 g/mol. The van der Waals surface area contributed by atoms with Crippen LogP contribution in [0.1, 0.15) is 20.9 Å². The zero-order chi connectivity index (χ0) is 18.1. The second-order valence-electron chi connectivity index (χ2n) is 6.31. The van der Waals surface area contributed by atoms with Gasteiger partial charge in [0.05, 0.1) is 23.8 Å². The SMILES string of the molecule is Cc1nn(C)c2sc(C(=O)NCc3cccnc3N3CCOCC3)cc12. The van der Waals surface area contributed by atoms with E-state index in [0.29, 0.717) is 24.6 Å². The van der Waals surface area contributed by atoms with Crippen molar-refractivity contribution >= 4 is 33.3 Å². The van der Waals surface area contributed by atoms with Crippen LogP contribution >= 0.6 is 11.3 Å². The molecule has 26 heavy (non-hydrogen) atoms. The normalized spacial score (nSPS) is 14.8. The van der Waals surface area contributed by atoms with Crippen LogP contribution in [0.4, 0.5) is 5.82 Å². The number of anilines is 1. The summed E-state index contributed by atoms with van der Waals surface area (Å²) in [4.78, 5) is 21.1. The summed E-state index contributed by atoms with van der Waals surface area (Å²) in [6.07, 6.45) is 1.79. The third-order valence-electron chi connectivity index (χ3n) is 4.54. The van der Waals surface area contributed by atoms with E-state index in [4.69, 9.17) is 4.74 Å².